The van der Waals surface area contributed by atoms with Gasteiger partial charge in [0.2, 0.25) is 0 Å². The van der Waals surface area contributed by atoms with E-state index in [0.29, 0.717) is 17.1 Å². The lowest BCUT2D eigenvalue weighted by atomic mass is 10.1. The van der Waals surface area contributed by atoms with Gasteiger partial charge in [-0.3, -0.25) is 0 Å². The van der Waals surface area contributed by atoms with Gasteiger partial charge in [-0.15, -0.1) is 0 Å². The highest BCUT2D eigenvalue weighted by Crippen LogP contribution is 2.32. The topological polar surface area (TPSA) is 64.2 Å². The van der Waals surface area contributed by atoms with E-state index < -0.39 is 17.6 Å². The maximum Gasteiger partial charge on any atom is 0.431 e. The van der Waals surface area contributed by atoms with Crippen LogP contribution in [0.25, 0.3) is 12.2 Å². The second-order valence-corrected chi connectivity index (χ2v) is 4.44. The zero-order valence-corrected chi connectivity index (χ0v) is 12.3. The molecular weight excluding hydrogens is 313 g/mol. The van der Waals surface area contributed by atoms with Crippen molar-refractivity contribution in [1.82, 2.24) is 9.97 Å². The van der Waals surface area contributed by atoms with Crippen molar-refractivity contribution in [1.29, 1.82) is 0 Å². The molecule has 0 aliphatic carbocycles. The Hall–Kier alpha value is -2.77. The van der Waals surface area contributed by atoms with Gasteiger partial charge in [0.1, 0.15) is 5.69 Å². The van der Waals surface area contributed by atoms with E-state index >= 15 is 0 Å². The molecule has 23 heavy (non-hydrogen) atoms. The molecule has 122 valence electrons. The number of aromatic amines is 1. The van der Waals surface area contributed by atoms with Crippen molar-refractivity contribution in [2.24, 2.45) is 0 Å². The second kappa shape index (κ2) is 6.55. The SMILES string of the molecule is COc1cccc(C=Cc2cc(C(F)(F)F)[nH]c(=O)n2)c1OC. The zero-order chi connectivity index (χ0) is 17.0. The van der Waals surface area contributed by atoms with E-state index in [1.54, 1.807) is 23.2 Å². The highest BCUT2D eigenvalue weighted by Gasteiger charge is 2.32. The Bertz CT molecular complexity index is 782. The van der Waals surface area contributed by atoms with Gasteiger partial charge in [0.25, 0.3) is 0 Å². The van der Waals surface area contributed by atoms with Crippen LogP contribution < -0.4 is 15.2 Å². The number of hydrogen-bond acceptors (Lipinski definition) is 4. The van der Waals surface area contributed by atoms with Crippen molar-refractivity contribution < 1.29 is 22.6 Å². The van der Waals surface area contributed by atoms with E-state index in [-0.39, 0.29) is 5.69 Å². The monoisotopic (exact) mass is 326 g/mol. The normalized spacial score (nSPS) is 11.7. The number of halogens is 3. The van der Waals surface area contributed by atoms with Crippen LogP contribution in [0.4, 0.5) is 13.2 Å². The number of rotatable bonds is 4. The van der Waals surface area contributed by atoms with E-state index in [1.165, 1.54) is 26.4 Å². The van der Waals surface area contributed by atoms with Crippen molar-refractivity contribution in [2.75, 3.05) is 14.2 Å². The summed E-state index contributed by atoms with van der Waals surface area (Å²) in [5, 5.41) is 0. The third kappa shape index (κ3) is 3.91. The quantitative estimate of drug-likeness (QED) is 0.938. The molecule has 0 saturated carbocycles. The van der Waals surface area contributed by atoms with Gasteiger partial charge in [0.05, 0.1) is 19.9 Å². The molecule has 0 spiro atoms. The van der Waals surface area contributed by atoms with E-state index in [1.807, 2.05) is 0 Å². The molecule has 0 fully saturated rings. The number of para-hydroxylation sites is 1. The first-order valence-corrected chi connectivity index (χ1v) is 6.43. The van der Waals surface area contributed by atoms with Crippen LogP contribution in [0, 0.1) is 0 Å². The van der Waals surface area contributed by atoms with Gasteiger partial charge < -0.3 is 14.5 Å². The summed E-state index contributed by atoms with van der Waals surface area (Å²) in [5.41, 5.74) is -1.78. The third-order valence-electron chi connectivity index (χ3n) is 2.94. The lowest BCUT2D eigenvalue weighted by Gasteiger charge is -2.10. The van der Waals surface area contributed by atoms with Gasteiger partial charge in [0, 0.05) is 5.56 Å². The lowest BCUT2D eigenvalue weighted by Crippen LogP contribution is -2.19. The van der Waals surface area contributed by atoms with Crippen LogP contribution in [-0.2, 0) is 6.18 Å². The van der Waals surface area contributed by atoms with Gasteiger partial charge in [-0.05, 0) is 24.3 Å². The summed E-state index contributed by atoms with van der Waals surface area (Å²) in [6.07, 6.45) is -1.87. The van der Waals surface area contributed by atoms with Crippen molar-refractivity contribution in [3.63, 3.8) is 0 Å². The van der Waals surface area contributed by atoms with Crippen LogP contribution in [0.15, 0.2) is 29.1 Å². The van der Waals surface area contributed by atoms with Crippen LogP contribution >= 0.6 is 0 Å². The molecule has 8 heteroatoms. The molecule has 0 unspecified atom stereocenters. The Morgan fingerprint density at radius 3 is 2.52 bits per heavy atom. The van der Waals surface area contributed by atoms with Crippen LogP contribution in [0.2, 0.25) is 0 Å². The number of methoxy groups -OCH3 is 2. The van der Waals surface area contributed by atoms with Crippen LogP contribution in [-0.4, -0.2) is 24.2 Å². The Morgan fingerprint density at radius 1 is 1.17 bits per heavy atom. The Morgan fingerprint density at radius 2 is 1.91 bits per heavy atom. The number of alkyl halides is 3. The molecule has 1 heterocycles. The number of hydrogen-bond donors (Lipinski definition) is 1. The highest BCUT2D eigenvalue weighted by molar-refractivity contribution is 5.73. The zero-order valence-electron chi connectivity index (χ0n) is 12.3. The van der Waals surface area contributed by atoms with Crippen LogP contribution in [0.5, 0.6) is 11.5 Å². The Balaban J connectivity index is 2.42. The van der Waals surface area contributed by atoms with Gasteiger partial charge in [-0.2, -0.15) is 18.2 Å². The van der Waals surface area contributed by atoms with E-state index in [4.69, 9.17) is 9.47 Å². The summed E-state index contributed by atoms with van der Waals surface area (Å²) in [5.74, 6) is 0.900. The third-order valence-corrected chi connectivity index (χ3v) is 2.94. The summed E-state index contributed by atoms with van der Waals surface area (Å²) in [6.45, 7) is 0. The summed E-state index contributed by atoms with van der Waals surface area (Å²) >= 11 is 0. The van der Waals surface area contributed by atoms with E-state index in [9.17, 15) is 18.0 Å². The molecule has 0 bridgehead atoms. The average molecular weight is 326 g/mol. The Labute approximate surface area is 129 Å². The fourth-order valence-electron chi connectivity index (χ4n) is 1.93. The molecule has 0 aliphatic heterocycles. The molecule has 1 aromatic heterocycles. The van der Waals surface area contributed by atoms with Crippen LogP contribution in [0.3, 0.4) is 0 Å². The van der Waals surface area contributed by atoms with Crippen molar-refractivity contribution >= 4 is 12.2 Å². The molecule has 2 aromatic rings. The predicted octanol–water partition coefficient (Wildman–Crippen LogP) is 2.98. The number of benzene rings is 1. The summed E-state index contributed by atoms with van der Waals surface area (Å²) in [7, 11) is 2.92. The standard InChI is InChI=1S/C15H13F3N2O3/c1-22-11-5-3-4-9(13(11)23-2)6-7-10-8-12(15(16,17)18)20-14(21)19-10/h3-8H,1-2H3,(H,19,20,21). The molecule has 2 rings (SSSR count). The van der Waals surface area contributed by atoms with E-state index in [0.717, 1.165) is 6.07 Å². The molecular formula is C15H13F3N2O3. The summed E-state index contributed by atoms with van der Waals surface area (Å²) in [6, 6.07) is 5.83. The number of nitrogens with one attached hydrogen (secondary N) is 1. The first-order chi connectivity index (χ1) is 10.8. The van der Waals surface area contributed by atoms with Gasteiger partial charge in [-0.25, -0.2) is 4.79 Å². The minimum Gasteiger partial charge on any atom is -0.493 e. The molecule has 0 amide bonds. The van der Waals surface area contributed by atoms with Crippen LogP contribution in [0.1, 0.15) is 17.0 Å². The fraction of sp³-hybridized carbons (Fsp3) is 0.200. The second-order valence-electron chi connectivity index (χ2n) is 4.44. The maximum absolute atomic E-state index is 12.7. The lowest BCUT2D eigenvalue weighted by molar-refractivity contribution is -0.141. The minimum atomic E-state index is -4.65. The number of aromatic nitrogens is 2. The first kappa shape index (κ1) is 16.6. The van der Waals surface area contributed by atoms with Gasteiger partial charge >= 0.3 is 11.9 Å². The fourth-order valence-corrected chi connectivity index (χ4v) is 1.93. The predicted molar refractivity (Wildman–Crippen MR) is 78.3 cm³/mol. The molecule has 1 aromatic carbocycles. The molecule has 5 nitrogen and oxygen atoms in total. The molecule has 0 atom stereocenters. The number of ether oxygens (including phenoxy) is 2. The maximum atomic E-state index is 12.7. The highest BCUT2D eigenvalue weighted by atomic mass is 19.4. The molecule has 0 radical (unpaired) electrons. The van der Waals surface area contributed by atoms with Crippen molar-refractivity contribution in [3.05, 3.63) is 51.7 Å². The molecule has 0 aliphatic rings. The van der Waals surface area contributed by atoms with E-state index in [2.05, 4.69) is 4.98 Å². The number of H-pyrrole nitrogens is 1. The molecule has 1 N–H and O–H groups in total. The average Bonchev–Trinajstić information content (AvgIpc) is 2.51. The van der Waals surface area contributed by atoms with Crippen molar-refractivity contribution in [2.45, 2.75) is 6.18 Å². The van der Waals surface area contributed by atoms with Gasteiger partial charge in [0.15, 0.2) is 11.5 Å². The summed E-state index contributed by atoms with van der Waals surface area (Å²) < 4.78 is 48.4. The van der Waals surface area contributed by atoms with Gasteiger partial charge in [-0.1, -0.05) is 12.1 Å². The first-order valence-electron chi connectivity index (χ1n) is 6.43. The smallest absolute Gasteiger partial charge is 0.431 e. The Kier molecular flexibility index (Phi) is 4.73. The largest absolute Gasteiger partial charge is 0.493 e. The number of nitrogens with zero attached hydrogens (tertiary/aromatic N) is 1. The van der Waals surface area contributed by atoms with Crippen molar-refractivity contribution in [3.8, 4) is 11.5 Å². The minimum absolute atomic E-state index is 0.119. The molecule has 0 saturated heterocycles. The summed E-state index contributed by atoms with van der Waals surface area (Å²) in [4.78, 5) is 16.4.